The van der Waals surface area contributed by atoms with Gasteiger partial charge in [-0.15, -0.1) is 5.10 Å². The molecule has 1 fully saturated rings. The van der Waals surface area contributed by atoms with Crippen LogP contribution in [0.2, 0.25) is 0 Å². The molecule has 0 saturated carbocycles. The first-order valence-corrected chi connectivity index (χ1v) is 8.75. The highest BCUT2D eigenvalue weighted by Crippen LogP contribution is 2.33. The fourth-order valence-electron chi connectivity index (χ4n) is 2.21. The number of hydrogen-bond acceptors (Lipinski definition) is 5. The average Bonchev–Trinajstić information content (AvgIpc) is 2.87. The smallest absolute Gasteiger partial charge is 0.243 e. The molecule has 1 aliphatic rings. The first-order valence-electron chi connectivity index (χ1n) is 7.76. The Morgan fingerprint density at radius 3 is 2.74 bits per heavy atom. The van der Waals surface area contributed by atoms with Gasteiger partial charge in [0.2, 0.25) is 5.91 Å². The second-order valence-corrected chi connectivity index (χ2v) is 6.74. The molecule has 5 nitrogen and oxygen atoms in total. The minimum absolute atomic E-state index is 0.0375. The Bertz CT molecular complexity index is 612. The first kappa shape index (κ1) is 17.7. The van der Waals surface area contributed by atoms with E-state index in [1.807, 2.05) is 38.1 Å². The van der Waals surface area contributed by atoms with Crippen LogP contribution >= 0.6 is 11.8 Å². The van der Waals surface area contributed by atoms with Gasteiger partial charge in [0.05, 0.1) is 30.4 Å². The topological polar surface area (TPSA) is 54.3 Å². The molecule has 2 rings (SSSR count). The van der Waals surface area contributed by atoms with Crippen molar-refractivity contribution >= 4 is 34.7 Å². The number of anilines is 1. The van der Waals surface area contributed by atoms with Crippen molar-refractivity contribution in [2.45, 2.75) is 39.7 Å². The summed E-state index contributed by atoms with van der Waals surface area (Å²) in [7, 11) is 0. The normalized spacial score (nSPS) is 17.4. The zero-order valence-corrected chi connectivity index (χ0v) is 14.8. The number of carbonyl (C=O) groups excluding carboxylic acids is 1. The number of amidine groups is 1. The van der Waals surface area contributed by atoms with Crippen LogP contribution in [0, 0.1) is 0 Å². The third-order valence-corrected chi connectivity index (χ3v) is 4.21. The molecule has 124 valence electrons. The van der Waals surface area contributed by atoms with Crippen molar-refractivity contribution in [2.24, 2.45) is 10.2 Å². The van der Waals surface area contributed by atoms with Crippen LogP contribution in [0.15, 0.2) is 34.5 Å². The lowest BCUT2D eigenvalue weighted by molar-refractivity contribution is -0.115. The molecule has 0 bridgehead atoms. The molecule has 1 aliphatic heterocycles. The third kappa shape index (κ3) is 4.65. The monoisotopic (exact) mass is 333 g/mol. The molecule has 0 N–H and O–H groups in total. The highest BCUT2D eigenvalue weighted by molar-refractivity contribution is 8.15. The predicted octanol–water partition coefficient (Wildman–Crippen LogP) is 3.66. The van der Waals surface area contributed by atoms with Gasteiger partial charge in [-0.3, -0.25) is 9.69 Å². The van der Waals surface area contributed by atoms with E-state index in [9.17, 15) is 4.79 Å². The van der Waals surface area contributed by atoms with Crippen LogP contribution in [0.5, 0.6) is 0 Å². The Balaban J connectivity index is 2.20. The van der Waals surface area contributed by atoms with Crippen LogP contribution in [-0.2, 0) is 9.53 Å². The summed E-state index contributed by atoms with van der Waals surface area (Å²) in [5, 5.41) is 8.85. The molecule has 0 atom stereocenters. The largest absolute Gasteiger partial charge is 0.373 e. The minimum Gasteiger partial charge on any atom is -0.373 e. The second-order valence-electron chi connectivity index (χ2n) is 5.79. The molecule has 0 spiro atoms. The number of carbonyl (C=O) groups is 1. The third-order valence-electron chi connectivity index (χ3n) is 3.29. The van der Waals surface area contributed by atoms with E-state index >= 15 is 0 Å². The van der Waals surface area contributed by atoms with Crippen molar-refractivity contribution in [3.8, 4) is 0 Å². The van der Waals surface area contributed by atoms with E-state index in [0.29, 0.717) is 23.4 Å². The van der Waals surface area contributed by atoms with E-state index in [4.69, 9.17) is 4.74 Å². The van der Waals surface area contributed by atoms with Gasteiger partial charge in [0.15, 0.2) is 5.17 Å². The maximum atomic E-state index is 12.3. The highest BCUT2D eigenvalue weighted by atomic mass is 32.2. The van der Waals surface area contributed by atoms with Crippen molar-refractivity contribution in [3.05, 3.63) is 29.8 Å². The van der Waals surface area contributed by atoms with Gasteiger partial charge in [0, 0.05) is 0 Å². The highest BCUT2D eigenvalue weighted by Gasteiger charge is 2.31. The van der Waals surface area contributed by atoms with Crippen LogP contribution in [0.1, 0.15) is 39.2 Å². The molecule has 0 aromatic heterocycles. The number of ether oxygens (including phenoxy) is 1. The number of hydrogen-bond donors (Lipinski definition) is 0. The number of thioether (sulfide) groups is 1. The Kier molecular flexibility index (Phi) is 6.36. The summed E-state index contributed by atoms with van der Waals surface area (Å²) in [4.78, 5) is 14.0. The average molecular weight is 333 g/mol. The summed E-state index contributed by atoms with van der Waals surface area (Å²) >= 11 is 1.41. The lowest BCUT2D eigenvalue weighted by atomic mass is 10.0. The van der Waals surface area contributed by atoms with Gasteiger partial charge in [-0.2, -0.15) is 5.10 Å². The number of para-hydroxylation sites is 1. The maximum absolute atomic E-state index is 12.3. The molecular weight excluding hydrogens is 310 g/mol. The van der Waals surface area contributed by atoms with E-state index in [-0.39, 0.29) is 12.0 Å². The predicted molar refractivity (Wildman–Crippen MR) is 97.5 cm³/mol. The van der Waals surface area contributed by atoms with Gasteiger partial charge in [0.1, 0.15) is 0 Å². The molecule has 1 heterocycles. The van der Waals surface area contributed by atoms with E-state index in [1.54, 1.807) is 11.1 Å². The Labute approximate surface area is 141 Å². The van der Waals surface area contributed by atoms with E-state index < -0.39 is 0 Å². The fourth-order valence-corrected chi connectivity index (χ4v) is 3.03. The number of benzene rings is 1. The minimum atomic E-state index is 0.0375. The van der Waals surface area contributed by atoms with E-state index in [0.717, 1.165) is 11.3 Å². The van der Waals surface area contributed by atoms with Crippen LogP contribution in [0.25, 0.3) is 0 Å². The van der Waals surface area contributed by atoms with Crippen molar-refractivity contribution in [2.75, 3.05) is 17.3 Å². The SMILES string of the molecule is CC(C)OC/C=N/N=C1\SCC(=O)N1c1ccccc1C(C)C. The fraction of sp³-hybridized carbons (Fsp3) is 0.471. The zero-order chi connectivity index (χ0) is 16.8. The molecule has 1 amide bonds. The summed E-state index contributed by atoms with van der Waals surface area (Å²) in [6.45, 7) is 8.58. The summed E-state index contributed by atoms with van der Waals surface area (Å²) < 4.78 is 5.38. The number of rotatable bonds is 6. The van der Waals surface area contributed by atoms with Gasteiger partial charge >= 0.3 is 0 Å². The summed E-state index contributed by atoms with van der Waals surface area (Å²) in [5.74, 6) is 0.757. The summed E-state index contributed by atoms with van der Waals surface area (Å²) in [5.41, 5.74) is 2.02. The Morgan fingerprint density at radius 1 is 1.30 bits per heavy atom. The molecule has 0 aliphatic carbocycles. The quantitative estimate of drug-likeness (QED) is 0.590. The summed E-state index contributed by atoms with van der Waals surface area (Å²) in [6.07, 6.45) is 1.77. The van der Waals surface area contributed by atoms with Gasteiger partial charge in [0.25, 0.3) is 0 Å². The van der Waals surface area contributed by atoms with Crippen LogP contribution < -0.4 is 4.90 Å². The van der Waals surface area contributed by atoms with Crippen molar-refractivity contribution in [3.63, 3.8) is 0 Å². The molecule has 23 heavy (non-hydrogen) atoms. The van der Waals surface area contributed by atoms with Gasteiger partial charge in [-0.25, -0.2) is 0 Å². The Hall–Kier alpha value is -1.66. The van der Waals surface area contributed by atoms with Crippen LogP contribution in [-0.4, -0.2) is 35.8 Å². The molecule has 0 unspecified atom stereocenters. The number of nitrogens with zero attached hydrogens (tertiary/aromatic N) is 3. The van der Waals surface area contributed by atoms with Crippen LogP contribution in [0.3, 0.4) is 0 Å². The van der Waals surface area contributed by atoms with Gasteiger partial charge in [-0.1, -0.05) is 43.8 Å². The Morgan fingerprint density at radius 2 is 2.04 bits per heavy atom. The maximum Gasteiger partial charge on any atom is 0.243 e. The molecule has 1 aromatic rings. The van der Waals surface area contributed by atoms with Gasteiger partial charge in [-0.05, 0) is 31.4 Å². The van der Waals surface area contributed by atoms with Crippen molar-refractivity contribution < 1.29 is 9.53 Å². The molecule has 0 radical (unpaired) electrons. The molecule has 1 aromatic carbocycles. The van der Waals surface area contributed by atoms with Crippen LogP contribution in [0.4, 0.5) is 5.69 Å². The van der Waals surface area contributed by atoms with E-state index in [2.05, 4.69) is 24.1 Å². The van der Waals surface area contributed by atoms with Crippen molar-refractivity contribution in [1.82, 2.24) is 0 Å². The lowest BCUT2D eigenvalue weighted by Gasteiger charge is -2.20. The molecule has 1 saturated heterocycles. The molecule has 6 heteroatoms. The number of amides is 1. The van der Waals surface area contributed by atoms with Gasteiger partial charge < -0.3 is 4.74 Å². The van der Waals surface area contributed by atoms with Crippen molar-refractivity contribution in [1.29, 1.82) is 0 Å². The molecular formula is C17H23N3O2S. The van der Waals surface area contributed by atoms with E-state index in [1.165, 1.54) is 11.8 Å². The second kappa shape index (κ2) is 8.26. The zero-order valence-electron chi connectivity index (χ0n) is 14.0. The summed E-state index contributed by atoms with van der Waals surface area (Å²) in [6, 6.07) is 7.94. The lowest BCUT2D eigenvalue weighted by Crippen LogP contribution is -2.30. The standard InChI is InChI=1S/C17H23N3O2S/c1-12(2)14-7-5-6-8-15(14)20-16(21)11-23-17(20)19-18-9-10-22-13(3)4/h5-9,12-13H,10-11H2,1-4H3/b18-9+,19-17-. The first-order chi connectivity index (χ1) is 11.0.